The van der Waals surface area contributed by atoms with E-state index in [1.807, 2.05) is 21.1 Å². The number of phosphoric ester groups is 1. The van der Waals surface area contributed by atoms with Crippen molar-refractivity contribution >= 4 is 19.8 Å². The van der Waals surface area contributed by atoms with Crippen molar-refractivity contribution in [1.82, 2.24) is 0 Å². The van der Waals surface area contributed by atoms with Gasteiger partial charge < -0.3 is 18.9 Å². The van der Waals surface area contributed by atoms with E-state index in [9.17, 15) is 19.0 Å². The van der Waals surface area contributed by atoms with Crippen LogP contribution in [0.4, 0.5) is 0 Å². The van der Waals surface area contributed by atoms with Gasteiger partial charge in [-0.1, -0.05) is 170 Å². The first-order chi connectivity index (χ1) is 30.0. The SMILES string of the molecule is CC/C=C\C/C=C\C/C=C\C/C=C\C/C=C\CCCCCCCCCC(=O)OC(COC(=O)CCCCCCC/C=C\CCCCCCCC)COP(=O)(O)OCC[N+](C)(C)C. The van der Waals surface area contributed by atoms with E-state index in [2.05, 4.69) is 86.8 Å². The number of ether oxygens (including phenoxy) is 2. The molecule has 0 aliphatic heterocycles. The van der Waals surface area contributed by atoms with Crippen LogP contribution in [-0.2, 0) is 32.7 Å². The molecule has 0 heterocycles. The molecule has 10 heteroatoms. The number of allylic oxidation sites excluding steroid dienone is 12. The molecular weight excluding hydrogens is 798 g/mol. The normalized spacial score (nSPS) is 14.1. The van der Waals surface area contributed by atoms with Gasteiger partial charge in [-0.25, -0.2) is 4.57 Å². The number of carbonyl (C=O) groups is 2. The van der Waals surface area contributed by atoms with Crippen LogP contribution in [-0.4, -0.2) is 74.9 Å². The second-order valence-corrected chi connectivity index (χ2v) is 18.9. The number of hydrogen-bond acceptors (Lipinski definition) is 7. The van der Waals surface area contributed by atoms with E-state index in [1.54, 1.807) is 0 Å². The molecular formula is C52H93NO8P+. The third-order valence-corrected chi connectivity index (χ3v) is 11.2. The van der Waals surface area contributed by atoms with Gasteiger partial charge in [0.25, 0.3) is 0 Å². The lowest BCUT2D eigenvalue weighted by molar-refractivity contribution is -0.870. The molecule has 0 rings (SSSR count). The molecule has 358 valence electrons. The lowest BCUT2D eigenvalue weighted by Gasteiger charge is -2.24. The van der Waals surface area contributed by atoms with Crippen molar-refractivity contribution < 1.29 is 42.1 Å². The van der Waals surface area contributed by atoms with Gasteiger partial charge in [0.1, 0.15) is 19.8 Å². The zero-order chi connectivity index (χ0) is 45.7. The number of phosphoric acid groups is 1. The monoisotopic (exact) mass is 891 g/mol. The second-order valence-electron chi connectivity index (χ2n) is 17.5. The lowest BCUT2D eigenvalue weighted by Crippen LogP contribution is -2.37. The summed E-state index contributed by atoms with van der Waals surface area (Å²) in [5.74, 6) is -0.824. The lowest BCUT2D eigenvalue weighted by atomic mass is 10.1. The summed E-state index contributed by atoms with van der Waals surface area (Å²) < 4.78 is 34.4. The van der Waals surface area contributed by atoms with E-state index < -0.39 is 26.5 Å². The summed E-state index contributed by atoms with van der Waals surface area (Å²) in [5.41, 5.74) is 0. The standard InChI is InChI=1S/C52H92NO8P/c1-6-8-10-12-14-16-18-20-22-23-24-25-26-27-28-29-31-33-35-37-39-41-43-45-52(55)61-50(49-60-62(56,57)59-47-46-53(3,4)5)48-58-51(54)44-42-40-38-36-34-32-30-21-19-17-15-13-11-9-7-2/h8,10,14,16,20-22,24-25,27-28,30,50H,6-7,9,11-13,15,17-19,23,26,29,31-49H2,1-5H3/p+1/b10-8-,16-14-,22-20-,25-24-,28-27-,30-21-. The van der Waals surface area contributed by atoms with Gasteiger partial charge in [-0.05, 0) is 83.5 Å². The van der Waals surface area contributed by atoms with Crippen LogP contribution in [0.5, 0.6) is 0 Å². The zero-order valence-corrected chi connectivity index (χ0v) is 41.2. The molecule has 0 saturated heterocycles. The molecule has 0 aromatic carbocycles. The molecule has 0 bridgehead atoms. The molecule has 9 nitrogen and oxygen atoms in total. The number of hydrogen-bond donors (Lipinski definition) is 1. The Hall–Kier alpha value is -2.55. The minimum absolute atomic E-state index is 0.0248. The van der Waals surface area contributed by atoms with Gasteiger partial charge in [-0.15, -0.1) is 0 Å². The summed E-state index contributed by atoms with van der Waals surface area (Å²) in [6, 6.07) is 0. The molecule has 0 aromatic heterocycles. The van der Waals surface area contributed by atoms with E-state index in [4.69, 9.17) is 18.5 Å². The molecule has 0 amide bonds. The van der Waals surface area contributed by atoms with Crippen LogP contribution in [0.15, 0.2) is 72.9 Å². The Balaban J connectivity index is 4.32. The van der Waals surface area contributed by atoms with Crippen molar-refractivity contribution in [3.8, 4) is 0 Å². The van der Waals surface area contributed by atoms with Crippen LogP contribution < -0.4 is 0 Å². The molecule has 0 saturated carbocycles. The minimum Gasteiger partial charge on any atom is -0.462 e. The van der Waals surface area contributed by atoms with Crippen LogP contribution in [0, 0.1) is 0 Å². The smallest absolute Gasteiger partial charge is 0.462 e. The number of likely N-dealkylation sites (N-methyl/N-ethyl adjacent to an activating group) is 1. The predicted molar refractivity (Wildman–Crippen MR) is 261 cm³/mol. The summed E-state index contributed by atoms with van der Waals surface area (Å²) in [7, 11) is 1.45. The predicted octanol–water partition coefficient (Wildman–Crippen LogP) is 14.6. The molecule has 0 aliphatic carbocycles. The van der Waals surface area contributed by atoms with Gasteiger partial charge in [0.05, 0.1) is 27.7 Å². The molecule has 0 radical (unpaired) electrons. The summed E-state index contributed by atoms with van der Waals surface area (Å²) >= 11 is 0. The van der Waals surface area contributed by atoms with E-state index in [0.717, 1.165) is 96.3 Å². The quantitative estimate of drug-likeness (QED) is 0.0212. The maximum absolute atomic E-state index is 12.7. The fourth-order valence-electron chi connectivity index (χ4n) is 6.39. The summed E-state index contributed by atoms with van der Waals surface area (Å²) in [4.78, 5) is 35.5. The number of quaternary nitrogens is 1. The molecule has 2 unspecified atom stereocenters. The van der Waals surface area contributed by atoms with Crippen molar-refractivity contribution in [2.45, 2.75) is 200 Å². The van der Waals surface area contributed by atoms with E-state index >= 15 is 0 Å². The highest BCUT2D eigenvalue weighted by atomic mass is 31.2. The van der Waals surface area contributed by atoms with Crippen LogP contribution in [0.25, 0.3) is 0 Å². The summed E-state index contributed by atoms with van der Waals surface area (Å²) in [6.07, 6.45) is 55.2. The first-order valence-electron chi connectivity index (χ1n) is 24.7. The Morgan fingerprint density at radius 1 is 0.516 bits per heavy atom. The number of esters is 2. The molecule has 0 aromatic rings. The summed E-state index contributed by atoms with van der Waals surface area (Å²) in [6.45, 7) is 4.28. The van der Waals surface area contributed by atoms with E-state index in [-0.39, 0.29) is 32.0 Å². The second kappa shape index (κ2) is 43.7. The fraction of sp³-hybridized carbons (Fsp3) is 0.731. The average Bonchev–Trinajstić information content (AvgIpc) is 3.23. The maximum atomic E-state index is 12.7. The largest absolute Gasteiger partial charge is 0.472 e. The minimum atomic E-state index is -4.39. The molecule has 1 N–H and O–H groups in total. The molecule has 0 fully saturated rings. The Labute approximate surface area is 380 Å². The number of rotatable bonds is 44. The van der Waals surface area contributed by atoms with Crippen molar-refractivity contribution in [1.29, 1.82) is 0 Å². The van der Waals surface area contributed by atoms with Crippen molar-refractivity contribution in [3.63, 3.8) is 0 Å². The van der Waals surface area contributed by atoms with Crippen LogP contribution in [0.1, 0.15) is 194 Å². The van der Waals surface area contributed by atoms with Gasteiger partial charge in [-0.3, -0.25) is 18.6 Å². The summed E-state index contributed by atoms with van der Waals surface area (Å²) in [5, 5.41) is 0. The van der Waals surface area contributed by atoms with E-state index in [1.165, 1.54) is 64.2 Å². The zero-order valence-electron chi connectivity index (χ0n) is 40.3. The topological polar surface area (TPSA) is 108 Å². The fourth-order valence-corrected chi connectivity index (χ4v) is 7.13. The number of nitrogens with zero attached hydrogens (tertiary/aromatic N) is 1. The maximum Gasteiger partial charge on any atom is 0.472 e. The van der Waals surface area contributed by atoms with Crippen LogP contribution in [0.3, 0.4) is 0 Å². The Morgan fingerprint density at radius 2 is 0.919 bits per heavy atom. The first-order valence-corrected chi connectivity index (χ1v) is 26.2. The highest BCUT2D eigenvalue weighted by Gasteiger charge is 2.27. The van der Waals surface area contributed by atoms with Gasteiger partial charge in [0.15, 0.2) is 6.10 Å². The Kier molecular flexibility index (Phi) is 41.9. The third kappa shape index (κ3) is 46.9. The van der Waals surface area contributed by atoms with Gasteiger partial charge in [-0.2, -0.15) is 0 Å². The van der Waals surface area contributed by atoms with Crippen molar-refractivity contribution in [2.75, 3.05) is 47.5 Å². The first kappa shape index (κ1) is 59.5. The highest BCUT2D eigenvalue weighted by molar-refractivity contribution is 7.47. The average molecular weight is 891 g/mol. The molecule has 0 aliphatic rings. The third-order valence-electron chi connectivity index (χ3n) is 10.2. The molecule has 0 spiro atoms. The Bertz CT molecular complexity index is 1280. The van der Waals surface area contributed by atoms with Crippen LogP contribution in [0.2, 0.25) is 0 Å². The molecule has 62 heavy (non-hydrogen) atoms. The Morgan fingerprint density at radius 3 is 1.39 bits per heavy atom. The van der Waals surface area contributed by atoms with Crippen molar-refractivity contribution in [3.05, 3.63) is 72.9 Å². The van der Waals surface area contributed by atoms with Gasteiger partial charge in [0.2, 0.25) is 0 Å². The van der Waals surface area contributed by atoms with E-state index in [0.29, 0.717) is 17.4 Å². The van der Waals surface area contributed by atoms with Crippen molar-refractivity contribution in [2.24, 2.45) is 0 Å². The molecule has 2 atom stereocenters. The highest BCUT2D eigenvalue weighted by Crippen LogP contribution is 2.43. The number of unbranched alkanes of at least 4 members (excludes halogenated alkanes) is 18. The van der Waals surface area contributed by atoms with Crippen LogP contribution >= 0.6 is 7.82 Å². The van der Waals surface area contributed by atoms with Gasteiger partial charge in [0, 0.05) is 12.8 Å². The number of carbonyl (C=O) groups excluding carboxylic acids is 2. The van der Waals surface area contributed by atoms with Gasteiger partial charge >= 0.3 is 19.8 Å².